The molecule has 0 saturated heterocycles. The summed E-state index contributed by atoms with van der Waals surface area (Å²) in [7, 11) is -1.38. The van der Waals surface area contributed by atoms with Crippen LogP contribution >= 0.6 is 16.1 Å². The monoisotopic (exact) mass is 481 g/mol. The van der Waals surface area contributed by atoms with E-state index in [1.54, 1.807) is 0 Å². The van der Waals surface area contributed by atoms with E-state index in [2.05, 4.69) is 133 Å². The standard InChI is InChI=1S/C31H33NP2/c1-26-16-14-15-25-31(26)32(33(27-17-6-2-7-18-27)28-19-8-3-9-20-28)34(29-21-10-4-11-22-29)30-23-12-5-13-24-30/h2-13,17-24,26,31H,14-16,25H2,1H3. The molecule has 1 aliphatic carbocycles. The van der Waals surface area contributed by atoms with Crippen molar-refractivity contribution in [1.29, 1.82) is 0 Å². The van der Waals surface area contributed by atoms with E-state index < -0.39 is 16.1 Å². The second-order valence-corrected chi connectivity index (χ2v) is 13.6. The lowest BCUT2D eigenvalue weighted by atomic mass is 9.87. The van der Waals surface area contributed by atoms with E-state index in [1.165, 1.54) is 46.9 Å². The van der Waals surface area contributed by atoms with Gasteiger partial charge in [-0.1, -0.05) is 141 Å². The molecule has 172 valence electrons. The Bertz CT molecular complexity index is 973. The topological polar surface area (TPSA) is 3.24 Å². The molecule has 0 aromatic heterocycles. The van der Waals surface area contributed by atoms with Crippen LogP contribution in [0.5, 0.6) is 0 Å². The third-order valence-corrected chi connectivity index (χ3v) is 12.4. The largest absolute Gasteiger partial charge is 0.241 e. The molecule has 0 aliphatic heterocycles. The molecular formula is C31H33NP2. The summed E-state index contributed by atoms with van der Waals surface area (Å²) in [6.45, 7) is 2.49. The SMILES string of the molecule is CC1CCCCC1N(P(c1ccccc1)c1ccccc1)P(c1ccccc1)c1ccccc1. The highest BCUT2D eigenvalue weighted by molar-refractivity contribution is 7.84. The predicted molar refractivity (Wildman–Crippen MR) is 151 cm³/mol. The van der Waals surface area contributed by atoms with Gasteiger partial charge in [-0.05, 0) is 40.0 Å². The van der Waals surface area contributed by atoms with E-state index in [0.29, 0.717) is 12.0 Å². The van der Waals surface area contributed by atoms with Gasteiger partial charge in [0.1, 0.15) is 0 Å². The molecular weight excluding hydrogens is 448 g/mol. The Morgan fingerprint density at radius 1 is 0.500 bits per heavy atom. The van der Waals surface area contributed by atoms with Crippen molar-refractivity contribution < 1.29 is 0 Å². The van der Waals surface area contributed by atoms with Gasteiger partial charge in [0.15, 0.2) is 0 Å². The first-order valence-corrected chi connectivity index (χ1v) is 15.0. The minimum absolute atomic E-state index is 0.562. The Labute approximate surface area is 207 Å². The van der Waals surface area contributed by atoms with Crippen LogP contribution in [0.25, 0.3) is 0 Å². The zero-order valence-corrected chi connectivity index (χ0v) is 21.7. The number of rotatable bonds is 7. The van der Waals surface area contributed by atoms with Gasteiger partial charge in [-0.15, -0.1) is 0 Å². The molecule has 0 N–H and O–H groups in total. The average molecular weight is 482 g/mol. The van der Waals surface area contributed by atoms with Gasteiger partial charge in [0, 0.05) is 22.2 Å². The molecule has 2 atom stereocenters. The van der Waals surface area contributed by atoms with Gasteiger partial charge in [0.2, 0.25) is 0 Å². The lowest BCUT2D eigenvalue weighted by Crippen LogP contribution is -2.42. The first-order valence-electron chi connectivity index (χ1n) is 12.4. The smallest absolute Gasteiger partial charge is 0.0325 e. The summed E-state index contributed by atoms with van der Waals surface area (Å²) in [5.74, 6) is 0.684. The van der Waals surface area contributed by atoms with E-state index in [9.17, 15) is 0 Å². The minimum atomic E-state index is -0.688. The number of nitrogens with zero attached hydrogens (tertiary/aromatic N) is 1. The fraction of sp³-hybridized carbons (Fsp3) is 0.226. The van der Waals surface area contributed by atoms with E-state index in [4.69, 9.17) is 0 Å². The van der Waals surface area contributed by atoms with Crippen LogP contribution in [0.4, 0.5) is 0 Å². The number of hydrogen-bond donors (Lipinski definition) is 0. The summed E-state index contributed by atoms with van der Waals surface area (Å²) in [6.07, 6.45) is 5.28. The molecule has 0 heterocycles. The van der Waals surface area contributed by atoms with Crippen LogP contribution < -0.4 is 21.2 Å². The molecule has 1 fully saturated rings. The van der Waals surface area contributed by atoms with Crippen LogP contribution in [-0.2, 0) is 0 Å². The Hall–Kier alpha value is -2.30. The van der Waals surface area contributed by atoms with Crippen molar-refractivity contribution in [2.45, 2.75) is 38.6 Å². The summed E-state index contributed by atoms with van der Waals surface area (Å²) < 4.78 is 2.99. The van der Waals surface area contributed by atoms with Crippen molar-refractivity contribution in [3.05, 3.63) is 121 Å². The van der Waals surface area contributed by atoms with Crippen molar-refractivity contribution >= 4 is 37.4 Å². The minimum Gasteiger partial charge on any atom is -0.241 e. The molecule has 1 nitrogen and oxygen atoms in total. The zero-order valence-electron chi connectivity index (χ0n) is 19.9. The number of hydrogen-bond acceptors (Lipinski definition) is 1. The van der Waals surface area contributed by atoms with Gasteiger partial charge in [0.05, 0.1) is 0 Å². The van der Waals surface area contributed by atoms with Crippen LogP contribution in [0.2, 0.25) is 0 Å². The van der Waals surface area contributed by atoms with E-state index in [0.717, 1.165) is 0 Å². The summed E-state index contributed by atoms with van der Waals surface area (Å²) in [5.41, 5.74) is 0. The molecule has 4 aromatic rings. The molecule has 34 heavy (non-hydrogen) atoms. The van der Waals surface area contributed by atoms with Crippen molar-refractivity contribution in [2.75, 3.05) is 0 Å². The lowest BCUT2D eigenvalue weighted by molar-refractivity contribution is 0.263. The maximum atomic E-state index is 2.99. The first-order chi connectivity index (χ1) is 16.8. The summed E-state index contributed by atoms with van der Waals surface area (Å²) in [6, 6.07) is 45.6. The van der Waals surface area contributed by atoms with Gasteiger partial charge in [-0.3, -0.25) is 0 Å². The maximum absolute atomic E-state index is 2.99. The van der Waals surface area contributed by atoms with Crippen LogP contribution in [0.15, 0.2) is 121 Å². The molecule has 0 amide bonds. The van der Waals surface area contributed by atoms with Crippen LogP contribution in [0.1, 0.15) is 32.6 Å². The third-order valence-electron chi connectivity index (χ3n) is 6.78. The Kier molecular flexibility index (Phi) is 7.87. The molecule has 2 unspecified atom stereocenters. The second-order valence-electron chi connectivity index (χ2n) is 9.12. The van der Waals surface area contributed by atoms with Gasteiger partial charge < -0.3 is 0 Å². The highest BCUT2D eigenvalue weighted by atomic mass is 31.2. The second kappa shape index (κ2) is 11.4. The molecule has 0 spiro atoms. The van der Waals surface area contributed by atoms with Crippen molar-refractivity contribution in [2.24, 2.45) is 5.92 Å². The Morgan fingerprint density at radius 3 is 1.15 bits per heavy atom. The highest BCUT2D eigenvalue weighted by Crippen LogP contribution is 2.58. The van der Waals surface area contributed by atoms with Gasteiger partial charge >= 0.3 is 0 Å². The lowest BCUT2D eigenvalue weighted by Gasteiger charge is -2.47. The van der Waals surface area contributed by atoms with E-state index in [-0.39, 0.29) is 0 Å². The van der Waals surface area contributed by atoms with Crippen LogP contribution in [0, 0.1) is 5.92 Å². The fourth-order valence-electron chi connectivity index (χ4n) is 5.07. The quantitative estimate of drug-likeness (QED) is 0.258. The molecule has 4 aromatic carbocycles. The van der Waals surface area contributed by atoms with Crippen molar-refractivity contribution in [3.63, 3.8) is 0 Å². The maximum Gasteiger partial charge on any atom is 0.0325 e. The van der Waals surface area contributed by atoms with Crippen LogP contribution in [0.3, 0.4) is 0 Å². The summed E-state index contributed by atoms with van der Waals surface area (Å²) in [4.78, 5) is 0. The summed E-state index contributed by atoms with van der Waals surface area (Å²) >= 11 is 0. The first kappa shape index (κ1) is 23.4. The van der Waals surface area contributed by atoms with Crippen molar-refractivity contribution in [3.8, 4) is 0 Å². The Balaban J connectivity index is 1.75. The van der Waals surface area contributed by atoms with E-state index >= 15 is 0 Å². The van der Waals surface area contributed by atoms with Crippen molar-refractivity contribution in [1.82, 2.24) is 4.44 Å². The predicted octanol–water partition coefficient (Wildman–Crippen LogP) is 6.96. The average Bonchev–Trinajstić information content (AvgIpc) is 2.91. The third kappa shape index (κ3) is 5.18. The number of benzene rings is 4. The van der Waals surface area contributed by atoms with Gasteiger partial charge in [-0.2, -0.15) is 0 Å². The fourth-order valence-corrected chi connectivity index (χ4v) is 11.7. The Morgan fingerprint density at radius 2 is 0.824 bits per heavy atom. The molecule has 1 aliphatic rings. The van der Waals surface area contributed by atoms with Gasteiger partial charge in [0.25, 0.3) is 0 Å². The summed E-state index contributed by atoms with van der Waals surface area (Å²) in [5, 5.41) is 5.78. The molecule has 0 radical (unpaired) electrons. The molecule has 1 saturated carbocycles. The normalized spacial score (nSPS) is 18.5. The molecule has 3 heteroatoms. The van der Waals surface area contributed by atoms with Gasteiger partial charge in [-0.25, -0.2) is 4.44 Å². The van der Waals surface area contributed by atoms with Crippen LogP contribution in [-0.4, -0.2) is 10.5 Å². The zero-order chi connectivity index (χ0) is 23.2. The van der Waals surface area contributed by atoms with E-state index in [1.807, 2.05) is 0 Å². The molecule has 0 bridgehead atoms. The highest BCUT2D eigenvalue weighted by Gasteiger charge is 2.39. The molecule has 5 rings (SSSR count).